The summed E-state index contributed by atoms with van der Waals surface area (Å²) in [5, 5.41) is 11.0. The van der Waals surface area contributed by atoms with Crippen LogP contribution >= 0.6 is 15.9 Å². The van der Waals surface area contributed by atoms with Crippen LogP contribution in [0.25, 0.3) is 11.5 Å². The first-order valence-electron chi connectivity index (χ1n) is 8.94. The number of aromatic nitrogens is 4. The van der Waals surface area contributed by atoms with Crippen LogP contribution in [0.5, 0.6) is 5.75 Å². The molecule has 0 atom stereocenters. The zero-order valence-corrected chi connectivity index (χ0v) is 16.6. The summed E-state index contributed by atoms with van der Waals surface area (Å²) in [4.78, 5) is 17.4. The van der Waals surface area contributed by atoms with E-state index in [1.807, 2.05) is 22.8 Å². The van der Waals surface area contributed by atoms with Gasteiger partial charge in [0.25, 0.3) is 5.91 Å². The lowest BCUT2D eigenvalue weighted by atomic mass is 10.2. The van der Waals surface area contributed by atoms with E-state index in [1.165, 1.54) is 0 Å². The molecule has 3 aromatic rings. The standard InChI is InChI=1S/C20H18BrN5O2/c21-14-8-9-17-15(12-14)20(27)24-18-7-5-6-16(23-18)19-25-22-13-26(19)10-3-1-2-4-11-28-17/h1,3,5-9,12-13H,2,4,10-11H2,(H,23,24,27)/b3-1-. The number of nitrogens with zero attached hydrogens (tertiary/aromatic N) is 4. The SMILES string of the molecule is O=C1Nc2cccc(n2)-c2nncn2C/C=C\CCCOc2ccc(Br)cc21. The molecule has 1 amide bonds. The number of hydrogen-bond donors (Lipinski definition) is 1. The number of carbonyl (C=O) groups is 1. The van der Waals surface area contributed by atoms with Crippen LogP contribution in [0.15, 0.2) is 59.4 Å². The summed E-state index contributed by atoms with van der Waals surface area (Å²) in [7, 11) is 0. The lowest BCUT2D eigenvalue weighted by Crippen LogP contribution is -2.15. The minimum Gasteiger partial charge on any atom is -0.493 e. The maximum Gasteiger partial charge on any atom is 0.260 e. The number of pyridine rings is 1. The van der Waals surface area contributed by atoms with Crippen molar-refractivity contribution >= 4 is 27.7 Å². The van der Waals surface area contributed by atoms with Crippen LogP contribution in [0.1, 0.15) is 23.2 Å². The molecule has 142 valence electrons. The molecule has 1 aliphatic heterocycles. The maximum atomic E-state index is 12.9. The normalized spacial score (nSPS) is 15.7. The van der Waals surface area contributed by atoms with Gasteiger partial charge in [0, 0.05) is 11.0 Å². The number of anilines is 1. The van der Waals surface area contributed by atoms with Gasteiger partial charge >= 0.3 is 0 Å². The molecule has 1 aromatic carbocycles. The average Bonchev–Trinajstić information content (AvgIpc) is 3.16. The Labute approximate surface area is 170 Å². The molecule has 28 heavy (non-hydrogen) atoms. The van der Waals surface area contributed by atoms with Gasteiger partial charge in [0.05, 0.1) is 12.2 Å². The van der Waals surface area contributed by atoms with E-state index in [-0.39, 0.29) is 5.91 Å². The van der Waals surface area contributed by atoms with Crippen molar-refractivity contribution in [1.82, 2.24) is 19.7 Å². The number of halogens is 1. The van der Waals surface area contributed by atoms with Crippen LogP contribution in [0.2, 0.25) is 0 Å². The van der Waals surface area contributed by atoms with Gasteiger partial charge in [0.15, 0.2) is 5.82 Å². The van der Waals surface area contributed by atoms with Gasteiger partial charge in [0.1, 0.15) is 23.6 Å². The van der Waals surface area contributed by atoms with Crippen molar-refractivity contribution in [3.05, 3.63) is 64.9 Å². The molecule has 2 aromatic heterocycles. The smallest absolute Gasteiger partial charge is 0.260 e. The summed E-state index contributed by atoms with van der Waals surface area (Å²) in [6.45, 7) is 1.18. The van der Waals surface area contributed by atoms with Gasteiger partial charge < -0.3 is 14.6 Å². The van der Waals surface area contributed by atoms with Gasteiger partial charge in [-0.2, -0.15) is 0 Å². The molecule has 0 saturated heterocycles. The van der Waals surface area contributed by atoms with Gasteiger partial charge in [-0.25, -0.2) is 4.98 Å². The molecule has 2 bridgehead atoms. The molecule has 0 fully saturated rings. The van der Waals surface area contributed by atoms with E-state index in [0.717, 1.165) is 17.3 Å². The first-order valence-corrected chi connectivity index (χ1v) is 9.74. The van der Waals surface area contributed by atoms with Gasteiger partial charge in [-0.15, -0.1) is 10.2 Å². The number of carbonyl (C=O) groups excluding carboxylic acids is 1. The van der Waals surface area contributed by atoms with E-state index in [0.29, 0.717) is 41.8 Å². The van der Waals surface area contributed by atoms with E-state index < -0.39 is 0 Å². The molecule has 1 aliphatic rings. The number of rotatable bonds is 0. The highest BCUT2D eigenvalue weighted by Gasteiger charge is 2.16. The highest BCUT2D eigenvalue weighted by molar-refractivity contribution is 9.10. The summed E-state index contributed by atoms with van der Waals surface area (Å²) in [5.74, 6) is 1.35. The largest absolute Gasteiger partial charge is 0.493 e. The Morgan fingerprint density at radius 3 is 3.04 bits per heavy atom. The van der Waals surface area contributed by atoms with Crippen molar-refractivity contribution < 1.29 is 9.53 Å². The van der Waals surface area contributed by atoms with Crippen molar-refractivity contribution in [2.24, 2.45) is 0 Å². The van der Waals surface area contributed by atoms with Crippen LogP contribution in [0, 0.1) is 0 Å². The van der Waals surface area contributed by atoms with Gasteiger partial charge in [-0.3, -0.25) is 4.79 Å². The Balaban J connectivity index is 1.72. The second-order valence-corrected chi connectivity index (χ2v) is 7.19. The second kappa shape index (κ2) is 8.35. The molecule has 0 spiro atoms. The first kappa shape index (κ1) is 18.4. The number of allylic oxidation sites excluding steroid dienone is 2. The van der Waals surface area contributed by atoms with Crippen LogP contribution in [0.3, 0.4) is 0 Å². The summed E-state index contributed by atoms with van der Waals surface area (Å²) in [6.07, 6.45) is 7.59. The zero-order chi connectivity index (χ0) is 19.3. The Morgan fingerprint density at radius 2 is 2.11 bits per heavy atom. The second-order valence-electron chi connectivity index (χ2n) is 6.27. The quantitative estimate of drug-likeness (QED) is 0.533. The van der Waals surface area contributed by atoms with Gasteiger partial charge in [-0.1, -0.05) is 34.1 Å². The van der Waals surface area contributed by atoms with Gasteiger partial charge in [-0.05, 0) is 43.2 Å². The van der Waals surface area contributed by atoms with Crippen molar-refractivity contribution in [2.45, 2.75) is 19.4 Å². The van der Waals surface area contributed by atoms with Crippen LogP contribution in [-0.2, 0) is 6.54 Å². The third-order valence-corrected chi connectivity index (χ3v) is 4.76. The summed E-state index contributed by atoms with van der Waals surface area (Å²) >= 11 is 3.42. The fraction of sp³-hybridized carbons (Fsp3) is 0.200. The van der Waals surface area contributed by atoms with E-state index in [9.17, 15) is 4.79 Å². The fourth-order valence-electron chi connectivity index (χ4n) is 2.89. The Morgan fingerprint density at radius 1 is 1.18 bits per heavy atom. The first-order chi connectivity index (χ1) is 13.7. The van der Waals surface area contributed by atoms with Crippen molar-refractivity contribution in [3.8, 4) is 17.3 Å². The Bertz CT molecular complexity index is 1030. The minimum atomic E-state index is -0.283. The van der Waals surface area contributed by atoms with Crippen molar-refractivity contribution in [3.63, 3.8) is 0 Å². The van der Waals surface area contributed by atoms with E-state index >= 15 is 0 Å². The molecular formula is C20H18BrN5O2. The van der Waals surface area contributed by atoms with Crippen LogP contribution in [-0.4, -0.2) is 32.3 Å². The Kier molecular flexibility index (Phi) is 5.48. The zero-order valence-electron chi connectivity index (χ0n) is 15.0. The number of ether oxygens (including phenoxy) is 1. The molecule has 0 radical (unpaired) electrons. The van der Waals surface area contributed by atoms with E-state index in [1.54, 1.807) is 24.5 Å². The topological polar surface area (TPSA) is 81.9 Å². The van der Waals surface area contributed by atoms with Crippen molar-refractivity contribution in [1.29, 1.82) is 0 Å². The summed E-state index contributed by atoms with van der Waals surface area (Å²) < 4.78 is 8.57. The predicted molar refractivity (Wildman–Crippen MR) is 109 cm³/mol. The molecule has 0 saturated carbocycles. The highest BCUT2D eigenvalue weighted by Crippen LogP contribution is 2.25. The molecule has 0 unspecified atom stereocenters. The maximum absolute atomic E-state index is 12.9. The third-order valence-electron chi connectivity index (χ3n) is 4.26. The summed E-state index contributed by atoms with van der Waals surface area (Å²) in [5.41, 5.74) is 1.09. The molecule has 7 nitrogen and oxygen atoms in total. The number of benzene rings is 1. The molecular weight excluding hydrogens is 422 g/mol. The number of fused-ring (bicyclic) bond motifs is 5. The monoisotopic (exact) mass is 439 g/mol. The average molecular weight is 440 g/mol. The third kappa shape index (κ3) is 4.12. The van der Waals surface area contributed by atoms with Crippen LogP contribution < -0.4 is 10.1 Å². The minimum absolute atomic E-state index is 0.283. The number of nitrogens with one attached hydrogen (secondary N) is 1. The number of hydrogen-bond acceptors (Lipinski definition) is 5. The lowest BCUT2D eigenvalue weighted by Gasteiger charge is -2.13. The fourth-order valence-corrected chi connectivity index (χ4v) is 3.26. The summed E-state index contributed by atoms with van der Waals surface area (Å²) in [6, 6.07) is 10.8. The van der Waals surface area contributed by atoms with Gasteiger partial charge in [0.2, 0.25) is 0 Å². The highest BCUT2D eigenvalue weighted by atomic mass is 79.9. The van der Waals surface area contributed by atoms with Crippen LogP contribution in [0.4, 0.5) is 5.82 Å². The molecule has 4 rings (SSSR count). The number of amides is 1. The molecule has 3 heterocycles. The molecule has 0 aliphatic carbocycles. The molecule has 8 heteroatoms. The van der Waals surface area contributed by atoms with Crippen molar-refractivity contribution in [2.75, 3.05) is 11.9 Å². The van der Waals surface area contributed by atoms with E-state index in [4.69, 9.17) is 4.74 Å². The molecule has 1 N–H and O–H groups in total. The Hall–Kier alpha value is -3.00. The van der Waals surface area contributed by atoms with E-state index in [2.05, 4.69) is 48.6 Å². The lowest BCUT2D eigenvalue weighted by molar-refractivity contribution is 0.102. The predicted octanol–water partition coefficient (Wildman–Crippen LogP) is 4.08.